The van der Waals surface area contributed by atoms with E-state index in [0.717, 1.165) is 49.8 Å². The van der Waals surface area contributed by atoms with Crippen molar-refractivity contribution in [3.05, 3.63) is 34.9 Å². The summed E-state index contributed by atoms with van der Waals surface area (Å²) in [5.41, 5.74) is 1.40. The van der Waals surface area contributed by atoms with Crippen LogP contribution in [-0.4, -0.2) is 25.5 Å². The zero-order valence-corrected chi connectivity index (χ0v) is 15.0. The summed E-state index contributed by atoms with van der Waals surface area (Å²) < 4.78 is 0. The van der Waals surface area contributed by atoms with Gasteiger partial charge in [0.25, 0.3) is 0 Å². The van der Waals surface area contributed by atoms with Gasteiger partial charge in [0.2, 0.25) is 5.91 Å². The van der Waals surface area contributed by atoms with Gasteiger partial charge < -0.3 is 10.6 Å². The van der Waals surface area contributed by atoms with Crippen LogP contribution in [0.15, 0.2) is 24.3 Å². The Hall–Kier alpha value is -0.770. The maximum absolute atomic E-state index is 12.1. The molecular weight excluding hydrogens is 331 g/mol. The molecule has 0 unspecified atom stereocenters. The van der Waals surface area contributed by atoms with E-state index in [9.17, 15) is 4.79 Å². The lowest BCUT2D eigenvalue weighted by Crippen LogP contribution is -2.33. The molecule has 1 heterocycles. The van der Waals surface area contributed by atoms with Crippen molar-refractivity contribution >= 4 is 29.9 Å². The molecule has 1 aromatic carbocycles. The molecule has 1 aliphatic carbocycles. The van der Waals surface area contributed by atoms with Gasteiger partial charge in [0.05, 0.1) is 0 Å². The van der Waals surface area contributed by atoms with Gasteiger partial charge in [-0.1, -0.05) is 23.7 Å². The van der Waals surface area contributed by atoms with E-state index in [1.807, 2.05) is 18.2 Å². The van der Waals surface area contributed by atoms with Gasteiger partial charge in [-0.15, -0.1) is 12.4 Å². The van der Waals surface area contributed by atoms with Crippen molar-refractivity contribution < 1.29 is 4.79 Å². The number of piperidine rings is 1. The Bertz CT molecular complexity index is 526. The van der Waals surface area contributed by atoms with Crippen LogP contribution in [0, 0.1) is 5.92 Å². The maximum atomic E-state index is 12.1. The number of hydrogen-bond donors (Lipinski definition) is 2. The summed E-state index contributed by atoms with van der Waals surface area (Å²) >= 11 is 6.08. The van der Waals surface area contributed by atoms with Gasteiger partial charge in [0, 0.05) is 23.4 Å². The van der Waals surface area contributed by atoms with Crippen molar-refractivity contribution in [1.82, 2.24) is 10.6 Å². The van der Waals surface area contributed by atoms with Crippen molar-refractivity contribution in [2.75, 3.05) is 19.6 Å². The van der Waals surface area contributed by atoms with E-state index in [4.69, 9.17) is 11.6 Å². The van der Waals surface area contributed by atoms with Crippen molar-refractivity contribution in [2.24, 2.45) is 5.92 Å². The second-order valence-corrected chi connectivity index (χ2v) is 7.24. The average Bonchev–Trinajstić information content (AvgIpc) is 3.33. The number of hydrogen-bond acceptors (Lipinski definition) is 2. The quantitative estimate of drug-likeness (QED) is 0.815. The predicted molar refractivity (Wildman–Crippen MR) is 97.4 cm³/mol. The van der Waals surface area contributed by atoms with E-state index in [1.165, 1.54) is 18.4 Å². The molecule has 1 saturated carbocycles. The molecule has 2 N–H and O–H groups in total. The zero-order chi connectivity index (χ0) is 15.4. The molecule has 0 radical (unpaired) electrons. The summed E-state index contributed by atoms with van der Waals surface area (Å²) in [5, 5.41) is 7.29. The molecule has 2 fully saturated rings. The Kier molecular flexibility index (Phi) is 6.75. The minimum atomic E-state index is 0. The molecule has 1 saturated heterocycles. The Morgan fingerprint density at radius 3 is 2.70 bits per heavy atom. The normalized spacial score (nSPS) is 19.7. The number of nitrogens with one attached hydrogen (secondary N) is 2. The fourth-order valence-electron chi connectivity index (χ4n) is 3.40. The van der Waals surface area contributed by atoms with Gasteiger partial charge in [-0.05, 0) is 68.8 Å². The maximum Gasteiger partial charge on any atom is 0.220 e. The highest BCUT2D eigenvalue weighted by molar-refractivity contribution is 6.30. The molecule has 3 rings (SSSR count). The van der Waals surface area contributed by atoms with Gasteiger partial charge in [-0.3, -0.25) is 4.79 Å². The van der Waals surface area contributed by atoms with E-state index < -0.39 is 0 Å². The van der Waals surface area contributed by atoms with Crippen LogP contribution in [0.4, 0.5) is 0 Å². The number of rotatable bonds is 6. The van der Waals surface area contributed by atoms with Crippen LogP contribution < -0.4 is 10.6 Å². The summed E-state index contributed by atoms with van der Waals surface area (Å²) in [7, 11) is 0. The summed E-state index contributed by atoms with van der Waals surface area (Å²) in [6.07, 6.45) is 6.39. The average molecular weight is 357 g/mol. The van der Waals surface area contributed by atoms with E-state index in [0.29, 0.717) is 6.42 Å². The van der Waals surface area contributed by atoms with Crippen molar-refractivity contribution in [3.63, 3.8) is 0 Å². The summed E-state index contributed by atoms with van der Waals surface area (Å²) in [5.74, 6) is 0.918. The molecule has 0 aromatic heterocycles. The van der Waals surface area contributed by atoms with E-state index in [2.05, 4.69) is 16.7 Å². The van der Waals surface area contributed by atoms with Crippen molar-refractivity contribution in [1.29, 1.82) is 0 Å². The number of halogens is 2. The van der Waals surface area contributed by atoms with Gasteiger partial charge in [-0.25, -0.2) is 0 Å². The second-order valence-electron chi connectivity index (χ2n) is 6.80. The number of carbonyl (C=O) groups excluding carboxylic acids is 1. The SMILES string of the molecule is Cl.O=C(CCC1CCNCC1)NCC1(c2cccc(Cl)c2)CC1. The predicted octanol–water partition coefficient (Wildman–Crippen LogP) is 3.69. The van der Waals surface area contributed by atoms with Crippen LogP contribution in [0.1, 0.15) is 44.1 Å². The first-order chi connectivity index (χ1) is 10.7. The molecule has 1 amide bonds. The zero-order valence-electron chi connectivity index (χ0n) is 13.4. The fraction of sp³-hybridized carbons (Fsp3) is 0.611. The first kappa shape index (κ1) is 18.6. The first-order valence-corrected chi connectivity index (χ1v) is 8.79. The third-order valence-corrected chi connectivity index (χ3v) is 5.39. The van der Waals surface area contributed by atoms with Crippen LogP contribution >= 0.6 is 24.0 Å². The second kappa shape index (κ2) is 8.36. The standard InChI is InChI=1S/C18H25ClN2O.ClH/c19-16-3-1-2-15(12-16)18(8-9-18)13-21-17(22)5-4-14-6-10-20-11-7-14;/h1-3,12,14,20H,4-11,13H2,(H,21,22);1H. The molecule has 0 bridgehead atoms. The molecule has 128 valence electrons. The van der Waals surface area contributed by atoms with Crippen molar-refractivity contribution in [3.8, 4) is 0 Å². The topological polar surface area (TPSA) is 41.1 Å². The minimum absolute atomic E-state index is 0. The number of benzene rings is 1. The summed E-state index contributed by atoms with van der Waals surface area (Å²) in [6.45, 7) is 2.95. The lowest BCUT2D eigenvalue weighted by molar-refractivity contribution is -0.121. The largest absolute Gasteiger partial charge is 0.355 e. The molecule has 1 aliphatic heterocycles. The Balaban J connectivity index is 0.00000192. The van der Waals surface area contributed by atoms with Crippen LogP contribution in [0.3, 0.4) is 0 Å². The lowest BCUT2D eigenvalue weighted by atomic mass is 9.93. The van der Waals surface area contributed by atoms with Crippen molar-refractivity contribution in [2.45, 2.75) is 43.9 Å². The Labute approximate surface area is 150 Å². The van der Waals surface area contributed by atoms with Gasteiger partial charge >= 0.3 is 0 Å². The van der Waals surface area contributed by atoms with E-state index in [-0.39, 0.29) is 23.7 Å². The summed E-state index contributed by atoms with van der Waals surface area (Å²) in [4.78, 5) is 12.1. The van der Waals surface area contributed by atoms with E-state index in [1.54, 1.807) is 0 Å². The molecule has 2 aliphatic rings. The third kappa shape index (κ3) is 5.10. The van der Waals surface area contributed by atoms with Crippen LogP contribution in [0.2, 0.25) is 5.02 Å². The fourth-order valence-corrected chi connectivity index (χ4v) is 3.59. The molecule has 23 heavy (non-hydrogen) atoms. The minimum Gasteiger partial charge on any atom is -0.355 e. The number of carbonyl (C=O) groups is 1. The van der Waals surface area contributed by atoms with Crippen LogP contribution in [-0.2, 0) is 10.2 Å². The Morgan fingerprint density at radius 2 is 2.04 bits per heavy atom. The highest BCUT2D eigenvalue weighted by Crippen LogP contribution is 2.48. The smallest absolute Gasteiger partial charge is 0.220 e. The first-order valence-electron chi connectivity index (χ1n) is 8.41. The summed E-state index contributed by atoms with van der Waals surface area (Å²) in [6, 6.07) is 8.06. The molecular formula is C18H26Cl2N2O. The molecule has 5 heteroatoms. The Morgan fingerprint density at radius 1 is 1.30 bits per heavy atom. The monoisotopic (exact) mass is 356 g/mol. The van der Waals surface area contributed by atoms with Crippen LogP contribution in [0.25, 0.3) is 0 Å². The third-order valence-electron chi connectivity index (χ3n) is 5.15. The van der Waals surface area contributed by atoms with Crippen LogP contribution in [0.5, 0.6) is 0 Å². The molecule has 1 aromatic rings. The number of amides is 1. The molecule has 0 atom stereocenters. The molecule has 3 nitrogen and oxygen atoms in total. The van der Waals surface area contributed by atoms with Gasteiger partial charge in [0.1, 0.15) is 0 Å². The highest BCUT2D eigenvalue weighted by Gasteiger charge is 2.44. The molecule has 0 spiro atoms. The van der Waals surface area contributed by atoms with Gasteiger partial charge in [-0.2, -0.15) is 0 Å². The van der Waals surface area contributed by atoms with Gasteiger partial charge in [0.15, 0.2) is 0 Å². The lowest BCUT2D eigenvalue weighted by Gasteiger charge is -2.22. The highest BCUT2D eigenvalue weighted by atomic mass is 35.5. The van der Waals surface area contributed by atoms with E-state index >= 15 is 0 Å².